The van der Waals surface area contributed by atoms with Gasteiger partial charge in [0.2, 0.25) is 0 Å². The van der Waals surface area contributed by atoms with Crippen molar-refractivity contribution in [2.75, 3.05) is 0 Å². The van der Waals surface area contributed by atoms with Crippen molar-refractivity contribution in [3.05, 3.63) is 0 Å². The molecule has 0 aromatic rings. The summed E-state index contributed by atoms with van der Waals surface area (Å²) in [5.74, 6) is 0. The van der Waals surface area contributed by atoms with Gasteiger partial charge in [-0.2, -0.15) is 0 Å². The van der Waals surface area contributed by atoms with Gasteiger partial charge in [-0.3, -0.25) is 0 Å². The Morgan fingerprint density at radius 2 is 2.00 bits per heavy atom. The van der Waals surface area contributed by atoms with Crippen LogP contribution in [0.1, 0.15) is 13.8 Å². The Morgan fingerprint density at radius 1 is 1.27 bits per heavy atom. The molecule has 7 heteroatoms. The van der Waals surface area contributed by atoms with Crippen LogP contribution in [0, 0.1) is 0 Å². The molecular weight excluding hydrogens is 124 g/mol. The summed E-state index contributed by atoms with van der Waals surface area (Å²) in [4.78, 5) is 0. The number of hydrogen-bond donors (Lipinski definition) is 0. The maximum atomic E-state index is 5.15. The lowest BCUT2D eigenvalue weighted by atomic mass is 8.97. The van der Waals surface area contributed by atoms with Gasteiger partial charge in [-0.1, -0.05) is 20.2 Å². The van der Waals surface area contributed by atoms with Crippen molar-refractivity contribution in [2.45, 2.75) is 25.9 Å². The van der Waals surface area contributed by atoms with Crippen LogP contribution in [0.15, 0.2) is 0 Å². The second-order valence-corrected chi connectivity index (χ2v) is 2.47. The standard InChI is InChI=1S/C4H9B7/c1-3-6-4(2)7-9-11-10-8-5/h4H,3H2,1-2H3. The van der Waals surface area contributed by atoms with E-state index in [0.29, 0.717) is 5.72 Å². The second-order valence-electron chi connectivity index (χ2n) is 2.47. The SMILES string of the molecule is [B][B][B][B][B][B]C(C)[B]CC. The van der Waals surface area contributed by atoms with Gasteiger partial charge in [-0.15, -0.1) is 5.72 Å². The summed E-state index contributed by atoms with van der Waals surface area (Å²) in [6.45, 7) is 4.31. The van der Waals surface area contributed by atoms with Gasteiger partial charge in [0.15, 0.2) is 0 Å². The topological polar surface area (TPSA) is 0 Å². The van der Waals surface area contributed by atoms with Crippen LogP contribution in [0.4, 0.5) is 0 Å². The Kier molecular flexibility index (Phi) is 8.90. The van der Waals surface area contributed by atoms with E-state index in [-0.39, 0.29) is 0 Å². The first-order valence-electron chi connectivity index (χ1n) is 4.03. The third kappa shape index (κ3) is 8.36. The Labute approximate surface area is 76.8 Å². The van der Waals surface area contributed by atoms with Crippen LogP contribution in [0.2, 0.25) is 12.0 Å². The highest BCUT2D eigenvalue weighted by Crippen LogP contribution is 1.98. The maximum Gasteiger partial charge on any atom is 0.102 e. The number of hydrogen-bond acceptors (Lipinski definition) is 0. The van der Waals surface area contributed by atoms with Crippen LogP contribution in [-0.4, -0.2) is 50.4 Å². The van der Waals surface area contributed by atoms with Gasteiger partial charge in [0.25, 0.3) is 0 Å². The van der Waals surface area contributed by atoms with Crippen molar-refractivity contribution in [1.29, 1.82) is 0 Å². The molecule has 0 aliphatic heterocycles. The summed E-state index contributed by atoms with van der Waals surface area (Å²) in [6.07, 6.45) is 1.12. The molecule has 0 rings (SSSR count). The molecule has 0 aliphatic carbocycles. The zero-order valence-electron chi connectivity index (χ0n) is 7.33. The second kappa shape index (κ2) is 8.55. The lowest BCUT2D eigenvalue weighted by Gasteiger charge is -2.05. The lowest BCUT2D eigenvalue weighted by Crippen LogP contribution is -2.26. The van der Waals surface area contributed by atoms with Crippen molar-refractivity contribution < 1.29 is 0 Å². The third-order valence-corrected chi connectivity index (χ3v) is 1.36. The molecule has 0 nitrogen and oxygen atoms in total. The highest BCUT2D eigenvalue weighted by molar-refractivity contribution is 7.58. The fraction of sp³-hybridized carbons (Fsp3) is 1.00. The molecule has 0 fully saturated rings. The van der Waals surface area contributed by atoms with E-state index in [0.717, 1.165) is 6.32 Å². The van der Waals surface area contributed by atoms with Gasteiger partial charge in [0, 0.05) is 43.2 Å². The first-order chi connectivity index (χ1) is 5.31. The molecule has 0 saturated carbocycles. The average molecular weight is 133 g/mol. The van der Waals surface area contributed by atoms with Gasteiger partial charge in [-0.25, -0.2) is 0 Å². The Morgan fingerprint density at radius 3 is 2.55 bits per heavy atom. The van der Waals surface area contributed by atoms with E-state index in [1.807, 2.05) is 21.2 Å². The summed E-state index contributed by atoms with van der Waals surface area (Å²) >= 11 is 0. The summed E-state index contributed by atoms with van der Waals surface area (Å²) in [6, 6.07) is 0. The van der Waals surface area contributed by atoms with E-state index < -0.39 is 0 Å². The maximum absolute atomic E-state index is 5.15. The van der Waals surface area contributed by atoms with Crippen molar-refractivity contribution in [1.82, 2.24) is 0 Å². The predicted molar refractivity (Wildman–Crippen MR) is 60.2 cm³/mol. The fourth-order valence-corrected chi connectivity index (χ4v) is 0.818. The molecule has 11 heavy (non-hydrogen) atoms. The summed E-state index contributed by atoms with van der Waals surface area (Å²) in [5.41, 5.74) is 0.558. The molecule has 0 aliphatic rings. The molecular formula is C4H9B7. The lowest BCUT2D eigenvalue weighted by molar-refractivity contribution is 1.28. The van der Waals surface area contributed by atoms with Crippen LogP contribution in [0.5, 0.6) is 0 Å². The van der Waals surface area contributed by atoms with Crippen LogP contribution in [0.3, 0.4) is 0 Å². The predicted octanol–water partition coefficient (Wildman–Crippen LogP) is -0.841. The molecule has 0 amide bonds. The molecule has 0 N–H and O–H groups in total. The normalized spacial score (nSPS) is 11.1. The fourth-order valence-electron chi connectivity index (χ4n) is 0.818. The highest BCUT2D eigenvalue weighted by Gasteiger charge is 2.02. The Bertz CT molecular complexity index is 76.8. The van der Waals surface area contributed by atoms with Crippen molar-refractivity contribution in [3.8, 4) is 0 Å². The summed E-state index contributed by atoms with van der Waals surface area (Å²) < 4.78 is 0. The van der Waals surface area contributed by atoms with E-state index in [2.05, 4.69) is 28.3 Å². The van der Waals surface area contributed by atoms with Gasteiger partial charge >= 0.3 is 0 Å². The summed E-state index contributed by atoms with van der Waals surface area (Å²) in [5, 5.41) is 0. The zero-order valence-corrected chi connectivity index (χ0v) is 7.33. The average Bonchev–Trinajstić information content (AvgIpc) is 1.99. The van der Waals surface area contributed by atoms with E-state index in [4.69, 9.17) is 7.74 Å². The zero-order chi connectivity index (χ0) is 8.53. The van der Waals surface area contributed by atoms with Crippen molar-refractivity contribution in [3.63, 3.8) is 0 Å². The van der Waals surface area contributed by atoms with E-state index >= 15 is 0 Å². The molecule has 1 unspecified atom stereocenters. The molecule has 0 aromatic carbocycles. The molecule has 1 atom stereocenters. The minimum atomic E-state index is 0.558. The number of rotatable bonds is 7. The molecule has 46 valence electrons. The Balaban J connectivity index is 2.97. The molecule has 0 heterocycles. The molecule has 0 aromatic heterocycles. The van der Waals surface area contributed by atoms with Crippen molar-refractivity contribution >= 4 is 50.4 Å². The van der Waals surface area contributed by atoms with Crippen LogP contribution in [-0.2, 0) is 0 Å². The minimum absolute atomic E-state index is 0.558. The quantitative estimate of drug-likeness (QED) is 0.313. The molecule has 8 radical (unpaired) electrons. The first kappa shape index (κ1) is 11.5. The van der Waals surface area contributed by atoms with Gasteiger partial charge in [-0.05, 0) is 0 Å². The first-order valence-corrected chi connectivity index (χ1v) is 4.03. The molecule has 0 bridgehead atoms. The van der Waals surface area contributed by atoms with E-state index in [9.17, 15) is 0 Å². The Hall–Kier alpha value is 0.455. The minimum Gasteiger partial charge on any atom is -0.106 e. The highest BCUT2D eigenvalue weighted by atomic mass is 13.6. The van der Waals surface area contributed by atoms with Crippen LogP contribution in [0.25, 0.3) is 0 Å². The van der Waals surface area contributed by atoms with E-state index in [1.165, 1.54) is 7.06 Å². The largest absolute Gasteiger partial charge is 0.106 e. The van der Waals surface area contributed by atoms with Crippen molar-refractivity contribution in [2.24, 2.45) is 0 Å². The van der Waals surface area contributed by atoms with Gasteiger partial charge in [0.05, 0.1) is 0 Å². The molecule has 0 spiro atoms. The molecule has 0 saturated heterocycles. The smallest absolute Gasteiger partial charge is 0.102 e. The van der Waals surface area contributed by atoms with Crippen LogP contribution < -0.4 is 0 Å². The third-order valence-electron chi connectivity index (χ3n) is 1.36. The monoisotopic (exact) mass is 134 g/mol. The van der Waals surface area contributed by atoms with Crippen LogP contribution >= 0.6 is 0 Å². The van der Waals surface area contributed by atoms with Gasteiger partial charge < -0.3 is 0 Å². The van der Waals surface area contributed by atoms with Gasteiger partial charge in [0.1, 0.15) is 7.28 Å². The van der Waals surface area contributed by atoms with E-state index in [1.54, 1.807) is 0 Å². The summed E-state index contributed by atoms with van der Waals surface area (Å²) in [7, 11) is 16.8.